The van der Waals surface area contributed by atoms with Gasteiger partial charge in [-0.15, -0.1) is 0 Å². The van der Waals surface area contributed by atoms with E-state index < -0.39 is 0 Å². The van der Waals surface area contributed by atoms with E-state index in [9.17, 15) is 4.79 Å². The number of ether oxygens (including phenoxy) is 1. The Morgan fingerprint density at radius 1 is 1.35 bits per heavy atom. The van der Waals surface area contributed by atoms with Crippen LogP contribution in [0.3, 0.4) is 0 Å². The van der Waals surface area contributed by atoms with Crippen molar-refractivity contribution in [1.29, 1.82) is 0 Å². The van der Waals surface area contributed by atoms with E-state index in [1.807, 2.05) is 6.07 Å². The molecule has 0 radical (unpaired) electrons. The molecule has 1 amide bonds. The average molecular weight is 276 g/mol. The van der Waals surface area contributed by atoms with Gasteiger partial charge in [0.1, 0.15) is 5.75 Å². The molecular formula is C16H24N2O2. The van der Waals surface area contributed by atoms with Gasteiger partial charge >= 0.3 is 0 Å². The highest BCUT2D eigenvalue weighted by atomic mass is 16.5. The number of carbonyl (C=O) groups is 1. The van der Waals surface area contributed by atoms with Crippen LogP contribution in [0.4, 0.5) is 5.69 Å². The van der Waals surface area contributed by atoms with Crippen LogP contribution in [0, 0.1) is 5.92 Å². The maximum absolute atomic E-state index is 11.9. The summed E-state index contributed by atoms with van der Waals surface area (Å²) in [6.45, 7) is 2.26. The van der Waals surface area contributed by atoms with Crippen molar-refractivity contribution < 1.29 is 9.53 Å². The molecule has 0 bridgehead atoms. The molecule has 0 aliphatic heterocycles. The molecule has 1 fully saturated rings. The Kier molecular flexibility index (Phi) is 4.53. The molecule has 2 N–H and O–H groups in total. The minimum Gasteiger partial charge on any atom is -0.488 e. The number of nitrogens with two attached hydrogens (primary N) is 1. The number of carbonyl (C=O) groups excluding carboxylic acids is 1. The maximum atomic E-state index is 11.9. The normalized spacial score (nSPS) is 22.4. The van der Waals surface area contributed by atoms with Gasteiger partial charge in [0.2, 0.25) is 0 Å². The quantitative estimate of drug-likeness (QED) is 0.864. The molecule has 0 saturated heterocycles. The molecule has 1 saturated carbocycles. The minimum atomic E-state index is -0.0467. The lowest BCUT2D eigenvalue weighted by Gasteiger charge is -2.28. The summed E-state index contributed by atoms with van der Waals surface area (Å²) in [6.07, 6.45) is 4.91. The highest BCUT2D eigenvalue weighted by Crippen LogP contribution is 2.30. The number of nitrogens with zero attached hydrogens (tertiary/aromatic N) is 1. The van der Waals surface area contributed by atoms with Gasteiger partial charge in [-0.2, -0.15) is 0 Å². The molecule has 4 nitrogen and oxygen atoms in total. The third kappa shape index (κ3) is 3.44. The van der Waals surface area contributed by atoms with Crippen molar-refractivity contribution in [3.63, 3.8) is 0 Å². The van der Waals surface area contributed by atoms with Crippen LogP contribution in [-0.2, 0) is 0 Å². The summed E-state index contributed by atoms with van der Waals surface area (Å²) in [7, 11) is 3.46. The van der Waals surface area contributed by atoms with Crippen molar-refractivity contribution in [1.82, 2.24) is 4.90 Å². The fraction of sp³-hybridized carbons (Fsp3) is 0.562. The summed E-state index contributed by atoms with van der Waals surface area (Å²) in [4.78, 5) is 13.4. The zero-order chi connectivity index (χ0) is 14.7. The van der Waals surface area contributed by atoms with E-state index in [1.165, 1.54) is 17.7 Å². The molecule has 2 unspecified atom stereocenters. The summed E-state index contributed by atoms with van der Waals surface area (Å²) in [6, 6.07) is 5.29. The Bertz CT molecular complexity index is 485. The van der Waals surface area contributed by atoms with Crippen LogP contribution < -0.4 is 10.5 Å². The summed E-state index contributed by atoms with van der Waals surface area (Å²) in [5.41, 5.74) is 7.15. The number of rotatable bonds is 3. The number of amides is 1. The fourth-order valence-corrected chi connectivity index (χ4v) is 2.71. The smallest absolute Gasteiger partial charge is 0.253 e. The maximum Gasteiger partial charge on any atom is 0.253 e. The van der Waals surface area contributed by atoms with Crippen LogP contribution in [0.1, 0.15) is 43.0 Å². The number of anilines is 1. The van der Waals surface area contributed by atoms with Gasteiger partial charge in [0, 0.05) is 19.7 Å². The van der Waals surface area contributed by atoms with E-state index in [0.29, 0.717) is 22.9 Å². The van der Waals surface area contributed by atoms with Crippen LogP contribution in [0.5, 0.6) is 5.75 Å². The second kappa shape index (κ2) is 6.16. The summed E-state index contributed by atoms with van der Waals surface area (Å²) < 4.78 is 6.00. The van der Waals surface area contributed by atoms with Crippen LogP contribution in [0.2, 0.25) is 0 Å². The summed E-state index contributed by atoms with van der Waals surface area (Å²) in [5.74, 6) is 1.36. The van der Waals surface area contributed by atoms with Crippen LogP contribution in [0.15, 0.2) is 18.2 Å². The predicted octanol–water partition coefficient (Wildman–Crippen LogP) is 2.93. The molecule has 4 heteroatoms. The molecule has 1 aromatic carbocycles. The van der Waals surface area contributed by atoms with Crippen molar-refractivity contribution in [3.8, 4) is 5.75 Å². The van der Waals surface area contributed by atoms with Crippen molar-refractivity contribution in [2.45, 2.75) is 38.7 Å². The zero-order valence-corrected chi connectivity index (χ0v) is 12.6. The minimum absolute atomic E-state index is 0.0467. The van der Waals surface area contributed by atoms with Gasteiger partial charge in [-0.3, -0.25) is 4.79 Å². The predicted molar refractivity (Wildman–Crippen MR) is 80.9 cm³/mol. The average Bonchev–Trinajstić information content (AvgIpc) is 2.40. The molecule has 2 rings (SSSR count). The highest BCUT2D eigenvalue weighted by Gasteiger charge is 2.21. The fourth-order valence-electron chi connectivity index (χ4n) is 2.71. The number of benzene rings is 1. The van der Waals surface area contributed by atoms with E-state index in [2.05, 4.69) is 6.92 Å². The molecule has 1 aliphatic rings. The van der Waals surface area contributed by atoms with Gasteiger partial charge in [-0.05, 0) is 43.4 Å². The topological polar surface area (TPSA) is 55.6 Å². The van der Waals surface area contributed by atoms with Gasteiger partial charge in [0.25, 0.3) is 5.91 Å². The third-order valence-corrected chi connectivity index (χ3v) is 3.84. The van der Waals surface area contributed by atoms with Crippen molar-refractivity contribution in [3.05, 3.63) is 23.8 Å². The number of nitrogen functional groups attached to an aromatic ring is 1. The molecule has 20 heavy (non-hydrogen) atoms. The lowest BCUT2D eigenvalue weighted by molar-refractivity contribution is 0.0827. The van der Waals surface area contributed by atoms with Gasteiger partial charge in [0.05, 0.1) is 11.8 Å². The summed E-state index contributed by atoms with van der Waals surface area (Å²) >= 11 is 0. The Balaban J connectivity index is 2.08. The molecule has 0 aromatic heterocycles. The van der Waals surface area contributed by atoms with Gasteiger partial charge in [0.15, 0.2) is 0 Å². The van der Waals surface area contributed by atoms with Crippen LogP contribution in [-0.4, -0.2) is 31.0 Å². The molecule has 0 spiro atoms. The highest BCUT2D eigenvalue weighted by molar-refractivity contribution is 5.95. The van der Waals surface area contributed by atoms with Gasteiger partial charge in [-0.25, -0.2) is 0 Å². The van der Waals surface area contributed by atoms with Gasteiger partial charge < -0.3 is 15.4 Å². The lowest BCUT2D eigenvalue weighted by Crippen LogP contribution is -2.25. The molecule has 2 atom stereocenters. The SMILES string of the molecule is CC1CCCC(Oc2ccc(C(=O)N(C)C)cc2N)C1. The first-order valence-corrected chi connectivity index (χ1v) is 7.25. The molecule has 1 aliphatic carbocycles. The van der Waals surface area contributed by atoms with Crippen molar-refractivity contribution >= 4 is 11.6 Å². The third-order valence-electron chi connectivity index (χ3n) is 3.84. The second-order valence-corrected chi connectivity index (χ2v) is 5.96. The summed E-state index contributed by atoms with van der Waals surface area (Å²) in [5, 5.41) is 0. The first kappa shape index (κ1) is 14.7. The molecule has 0 heterocycles. The molecule has 1 aromatic rings. The van der Waals surface area contributed by atoms with Crippen molar-refractivity contribution in [2.24, 2.45) is 5.92 Å². The Hall–Kier alpha value is -1.71. The standard InChI is InChI=1S/C16H24N2O2/c1-11-5-4-6-13(9-11)20-15-8-7-12(10-14(15)17)16(19)18(2)3/h7-8,10-11,13H,4-6,9,17H2,1-3H3. The first-order chi connectivity index (χ1) is 9.47. The Morgan fingerprint density at radius 2 is 2.10 bits per heavy atom. The van der Waals surface area contributed by atoms with E-state index in [1.54, 1.807) is 26.2 Å². The lowest BCUT2D eigenvalue weighted by atomic mass is 9.89. The van der Waals surface area contributed by atoms with E-state index >= 15 is 0 Å². The number of hydrogen-bond acceptors (Lipinski definition) is 3. The Morgan fingerprint density at radius 3 is 2.70 bits per heavy atom. The second-order valence-electron chi connectivity index (χ2n) is 5.96. The van der Waals surface area contributed by atoms with Gasteiger partial charge in [-0.1, -0.05) is 13.3 Å². The Labute approximate surface area is 120 Å². The monoisotopic (exact) mass is 276 g/mol. The van der Waals surface area contributed by atoms with Crippen LogP contribution >= 0.6 is 0 Å². The van der Waals surface area contributed by atoms with Crippen molar-refractivity contribution in [2.75, 3.05) is 19.8 Å². The van der Waals surface area contributed by atoms with E-state index in [0.717, 1.165) is 12.8 Å². The van der Waals surface area contributed by atoms with Crippen LogP contribution in [0.25, 0.3) is 0 Å². The largest absolute Gasteiger partial charge is 0.488 e. The van der Waals surface area contributed by atoms with E-state index in [4.69, 9.17) is 10.5 Å². The first-order valence-electron chi connectivity index (χ1n) is 7.25. The molecular weight excluding hydrogens is 252 g/mol. The number of hydrogen-bond donors (Lipinski definition) is 1. The van der Waals surface area contributed by atoms with E-state index in [-0.39, 0.29) is 12.0 Å². The molecule has 110 valence electrons. The zero-order valence-electron chi connectivity index (χ0n) is 12.6.